The molecule has 1 heterocycles. The Labute approximate surface area is 114 Å². The molecule has 1 saturated heterocycles. The molecule has 17 heavy (non-hydrogen) atoms. The number of hydrogen-bond acceptors (Lipinski definition) is 3. The molecule has 1 fully saturated rings. The van der Waals surface area contributed by atoms with Gasteiger partial charge in [0.2, 0.25) is 5.91 Å². The van der Waals surface area contributed by atoms with Crippen LogP contribution in [0.3, 0.4) is 0 Å². The monoisotopic (exact) mass is 314 g/mol. The highest BCUT2D eigenvalue weighted by Gasteiger charge is 2.22. The first kappa shape index (κ1) is 12.8. The zero-order valence-electron chi connectivity index (χ0n) is 9.41. The van der Waals surface area contributed by atoms with Gasteiger partial charge in [0.1, 0.15) is 0 Å². The van der Waals surface area contributed by atoms with E-state index in [1.165, 1.54) is 6.42 Å². The average Bonchev–Trinajstić information content (AvgIpc) is 2.34. The first-order valence-electron chi connectivity index (χ1n) is 5.64. The molecule has 1 aliphatic heterocycles. The van der Waals surface area contributed by atoms with Crippen molar-refractivity contribution in [2.45, 2.75) is 24.5 Å². The van der Waals surface area contributed by atoms with Gasteiger partial charge < -0.3 is 11.1 Å². The van der Waals surface area contributed by atoms with E-state index in [9.17, 15) is 4.79 Å². The normalized spacial score (nSPS) is 19.9. The third kappa shape index (κ3) is 3.39. The van der Waals surface area contributed by atoms with Crippen LogP contribution in [-0.4, -0.2) is 16.9 Å². The summed E-state index contributed by atoms with van der Waals surface area (Å²) in [5.74, 6) is 1.15. The molecule has 1 amide bonds. The first-order valence-corrected chi connectivity index (χ1v) is 7.48. The highest BCUT2D eigenvalue weighted by Crippen LogP contribution is 2.28. The van der Waals surface area contributed by atoms with Crippen molar-refractivity contribution < 1.29 is 4.79 Å². The number of nitrogens with one attached hydrogen (secondary N) is 1. The molecule has 0 aliphatic carbocycles. The van der Waals surface area contributed by atoms with E-state index in [4.69, 9.17) is 5.73 Å². The molecule has 3 nitrogen and oxygen atoms in total. The topological polar surface area (TPSA) is 55.1 Å². The molecule has 0 bridgehead atoms. The number of halogens is 1. The summed E-state index contributed by atoms with van der Waals surface area (Å²) in [4.78, 5) is 12.0. The zero-order chi connectivity index (χ0) is 12.3. The predicted octanol–water partition coefficient (Wildman–Crippen LogP) is 3.26. The Morgan fingerprint density at radius 2 is 2.29 bits per heavy atom. The van der Waals surface area contributed by atoms with Crippen molar-refractivity contribution in [3.63, 3.8) is 0 Å². The fourth-order valence-corrected chi connectivity index (χ4v) is 3.39. The van der Waals surface area contributed by atoms with Gasteiger partial charge in [-0.1, -0.05) is 22.4 Å². The lowest BCUT2D eigenvalue weighted by Crippen LogP contribution is -2.27. The molecule has 2 rings (SSSR count). The van der Waals surface area contributed by atoms with Crippen LogP contribution in [0.2, 0.25) is 0 Å². The Hall–Kier alpha value is -0.680. The molecular formula is C12H15BrN2OS. The Morgan fingerprint density at radius 3 is 2.94 bits per heavy atom. The average molecular weight is 315 g/mol. The molecule has 1 atom stereocenters. The molecule has 0 aromatic heterocycles. The third-order valence-electron chi connectivity index (χ3n) is 2.74. The van der Waals surface area contributed by atoms with Crippen LogP contribution in [-0.2, 0) is 4.79 Å². The number of hydrogen-bond donors (Lipinski definition) is 2. The van der Waals surface area contributed by atoms with E-state index in [2.05, 4.69) is 21.2 Å². The van der Waals surface area contributed by atoms with E-state index in [0.717, 1.165) is 23.1 Å². The standard InChI is InChI=1S/C12H15BrN2OS/c13-8-4-5-10(9(14)7-8)15-12(16)11-3-1-2-6-17-11/h4-5,7,11H,1-3,6,14H2,(H,15,16). The second kappa shape index (κ2) is 5.78. The van der Waals surface area contributed by atoms with Crippen molar-refractivity contribution in [3.05, 3.63) is 22.7 Å². The number of carbonyl (C=O) groups excluding carboxylic acids is 1. The van der Waals surface area contributed by atoms with Gasteiger partial charge in [-0.2, -0.15) is 0 Å². The first-order chi connectivity index (χ1) is 8.16. The van der Waals surface area contributed by atoms with Crippen LogP contribution in [0.25, 0.3) is 0 Å². The van der Waals surface area contributed by atoms with E-state index >= 15 is 0 Å². The maximum atomic E-state index is 12.0. The van der Waals surface area contributed by atoms with Crippen molar-refractivity contribution in [1.29, 1.82) is 0 Å². The molecule has 1 aliphatic rings. The largest absolute Gasteiger partial charge is 0.397 e. The predicted molar refractivity (Wildman–Crippen MR) is 77.3 cm³/mol. The van der Waals surface area contributed by atoms with E-state index in [-0.39, 0.29) is 11.2 Å². The third-order valence-corrected chi connectivity index (χ3v) is 4.61. The Kier molecular flexibility index (Phi) is 4.34. The Bertz CT molecular complexity index is 419. The van der Waals surface area contributed by atoms with Gasteiger partial charge in [-0.3, -0.25) is 4.79 Å². The number of anilines is 2. The van der Waals surface area contributed by atoms with Crippen LogP contribution >= 0.6 is 27.7 Å². The van der Waals surface area contributed by atoms with Crippen molar-refractivity contribution in [2.24, 2.45) is 0 Å². The summed E-state index contributed by atoms with van der Waals surface area (Å²) in [6.07, 6.45) is 3.32. The lowest BCUT2D eigenvalue weighted by atomic mass is 10.1. The number of amides is 1. The quantitative estimate of drug-likeness (QED) is 0.824. The summed E-state index contributed by atoms with van der Waals surface area (Å²) in [7, 11) is 0. The van der Waals surface area contributed by atoms with Crippen molar-refractivity contribution in [3.8, 4) is 0 Å². The van der Waals surface area contributed by atoms with Crippen LogP contribution in [0.5, 0.6) is 0 Å². The van der Waals surface area contributed by atoms with Gasteiger partial charge in [-0.25, -0.2) is 0 Å². The minimum atomic E-state index is 0.0729. The lowest BCUT2D eigenvalue weighted by Gasteiger charge is -2.20. The number of nitrogen functional groups attached to an aromatic ring is 1. The summed E-state index contributed by atoms with van der Waals surface area (Å²) < 4.78 is 0.917. The van der Waals surface area contributed by atoms with Gasteiger partial charge in [-0.15, -0.1) is 11.8 Å². The highest BCUT2D eigenvalue weighted by atomic mass is 79.9. The van der Waals surface area contributed by atoms with E-state index in [1.807, 2.05) is 12.1 Å². The van der Waals surface area contributed by atoms with E-state index < -0.39 is 0 Å². The molecule has 1 aromatic rings. The highest BCUT2D eigenvalue weighted by molar-refractivity contribution is 9.10. The molecule has 1 aromatic carbocycles. The smallest absolute Gasteiger partial charge is 0.237 e. The summed E-state index contributed by atoms with van der Waals surface area (Å²) >= 11 is 5.08. The van der Waals surface area contributed by atoms with Crippen LogP contribution in [0.1, 0.15) is 19.3 Å². The molecule has 5 heteroatoms. The molecule has 0 saturated carbocycles. The van der Waals surface area contributed by atoms with Gasteiger partial charge in [0.25, 0.3) is 0 Å². The number of benzene rings is 1. The molecule has 1 unspecified atom stereocenters. The summed E-state index contributed by atoms with van der Waals surface area (Å²) in [5, 5.41) is 2.98. The lowest BCUT2D eigenvalue weighted by molar-refractivity contribution is -0.115. The van der Waals surface area contributed by atoms with Crippen LogP contribution in [0.4, 0.5) is 11.4 Å². The van der Waals surface area contributed by atoms with Crippen LogP contribution < -0.4 is 11.1 Å². The van der Waals surface area contributed by atoms with Crippen molar-refractivity contribution in [1.82, 2.24) is 0 Å². The number of nitrogens with two attached hydrogens (primary N) is 1. The van der Waals surface area contributed by atoms with Gasteiger partial charge in [0, 0.05) is 4.47 Å². The molecule has 0 spiro atoms. The molecule has 3 N–H and O–H groups in total. The van der Waals surface area contributed by atoms with Gasteiger partial charge >= 0.3 is 0 Å². The minimum absolute atomic E-state index is 0.0729. The van der Waals surface area contributed by atoms with Crippen LogP contribution in [0, 0.1) is 0 Å². The van der Waals surface area contributed by atoms with E-state index in [1.54, 1.807) is 17.8 Å². The molecule has 92 valence electrons. The molecular weight excluding hydrogens is 300 g/mol. The second-order valence-electron chi connectivity index (χ2n) is 4.08. The zero-order valence-corrected chi connectivity index (χ0v) is 11.8. The SMILES string of the molecule is Nc1cc(Br)ccc1NC(=O)C1CCCCS1. The van der Waals surface area contributed by atoms with Gasteiger partial charge in [-0.05, 0) is 36.8 Å². The van der Waals surface area contributed by atoms with Crippen LogP contribution in [0.15, 0.2) is 22.7 Å². The fraction of sp³-hybridized carbons (Fsp3) is 0.417. The summed E-state index contributed by atoms with van der Waals surface area (Å²) in [5.41, 5.74) is 7.14. The van der Waals surface area contributed by atoms with Gasteiger partial charge in [0.15, 0.2) is 0 Å². The molecule has 0 radical (unpaired) electrons. The van der Waals surface area contributed by atoms with Crippen molar-refractivity contribution >= 4 is 45.0 Å². The van der Waals surface area contributed by atoms with E-state index in [0.29, 0.717) is 11.4 Å². The Morgan fingerprint density at radius 1 is 1.47 bits per heavy atom. The minimum Gasteiger partial charge on any atom is -0.397 e. The summed E-state index contributed by atoms with van der Waals surface area (Å²) in [6.45, 7) is 0. The number of carbonyl (C=O) groups is 1. The maximum Gasteiger partial charge on any atom is 0.237 e. The fourth-order valence-electron chi connectivity index (χ4n) is 1.81. The van der Waals surface area contributed by atoms with Crippen molar-refractivity contribution in [2.75, 3.05) is 16.8 Å². The Balaban J connectivity index is 2.02. The maximum absolute atomic E-state index is 12.0. The van der Waals surface area contributed by atoms with Gasteiger partial charge in [0.05, 0.1) is 16.6 Å². The summed E-state index contributed by atoms with van der Waals surface area (Å²) in [6, 6.07) is 5.49. The number of thioether (sulfide) groups is 1. The second-order valence-corrected chi connectivity index (χ2v) is 6.30. The number of rotatable bonds is 2.